The molecule has 0 atom stereocenters. The minimum atomic E-state index is -1.10. The second-order valence-electron chi connectivity index (χ2n) is 5.60. The van der Waals surface area contributed by atoms with Crippen LogP contribution in [-0.2, 0) is 14.4 Å². The zero-order valence-electron chi connectivity index (χ0n) is 13.4. The van der Waals surface area contributed by atoms with Gasteiger partial charge in [-0.05, 0) is 31.0 Å². The molecule has 0 saturated heterocycles. The molecule has 1 aliphatic heterocycles. The summed E-state index contributed by atoms with van der Waals surface area (Å²) in [5, 5.41) is 14.2. The number of carbonyl (C=O) groups excluding carboxylic acids is 2. The van der Waals surface area contributed by atoms with Gasteiger partial charge in [0.05, 0.1) is 5.69 Å². The van der Waals surface area contributed by atoms with E-state index in [1.165, 1.54) is 12.1 Å². The van der Waals surface area contributed by atoms with Gasteiger partial charge in [0.1, 0.15) is 12.3 Å². The molecule has 0 fully saturated rings. The number of anilines is 1. The minimum absolute atomic E-state index is 0.166. The van der Waals surface area contributed by atoms with Crippen molar-refractivity contribution in [3.8, 4) is 0 Å². The van der Waals surface area contributed by atoms with Gasteiger partial charge in [-0.25, -0.2) is 5.01 Å². The first-order valence-corrected chi connectivity index (χ1v) is 7.24. The van der Waals surface area contributed by atoms with Crippen molar-refractivity contribution in [2.75, 3.05) is 18.6 Å². The number of aryl methyl sites for hydroxylation is 2. The summed E-state index contributed by atoms with van der Waals surface area (Å²) in [7, 11) is 1.40. The molecule has 7 heteroatoms. The van der Waals surface area contributed by atoms with E-state index in [2.05, 4.69) is 5.10 Å². The van der Waals surface area contributed by atoms with E-state index >= 15 is 0 Å². The fourth-order valence-electron chi connectivity index (χ4n) is 2.34. The number of hydrazone groups is 1. The van der Waals surface area contributed by atoms with Crippen LogP contribution < -0.4 is 5.01 Å². The van der Waals surface area contributed by atoms with Crippen LogP contribution in [0.25, 0.3) is 0 Å². The molecule has 23 heavy (non-hydrogen) atoms. The van der Waals surface area contributed by atoms with E-state index in [-0.39, 0.29) is 24.5 Å². The lowest BCUT2D eigenvalue weighted by Gasteiger charge is -2.26. The summed E-state index contributed by atoms with van der Waals surface area (Å²) in [5.41, 5.74) is 2.69. The van der Waals surface area contributed by atoms with Gasteiger partial charge in [0.15, 0.2) is 0 Å². The first-order valence-electron chi connectivity index (χ1n) is 7.24. The Balaban J connectivity index is 2.33. The minimum Gasteiger partial charge on any atom is -0.480 e. The van der Waals surface area contributed by atoms with Crippen molar-refractivity contribution in [2.45, 2.75) is 26.7 Å². The molecule has 122 valence electrons. The van der Waals surface area contributed by atoms with Crippen molar-refractivity contribution in [1.82, 2.24) is 4.90 Å². The molecule has 0 spiro atoms. The average Bonchev–Trinajstić information content (AvgIpc) is 2.49. The van der Waals surface area contributed by atoms with E-state index in [0.29, 0.717) is 5.69 Å². The number of likely N-dealkylation sites (N-methyl/N-ethyl adjacent to an activating group) is 1. The molecule has 0 unspecified atom stereocenters. The Morgan fingerprint density at radius 1 is 1.30 bits per heavy atom. The van der Waals surface area contributed by atoms with Gasteiger partial charge in [-0.3, -0.25) is 14.4 Å². The molecule has 1 aliphatic rings. The van der Waals surface area contributed by atoms with Gasteiger partial charge in [0, 0.05) is 19.9 Å². The van der Waals surface area contributed by atoms with Crippen molar-refractivity contribution in [2.24, 2.45) is 5.10 Å². The third kappa shape index (κ3) is 3.74. The SMILES string of the molecule is Cc1ccc(C)c(N2N=C(C(=O)N(C)CC(=O)O)CCC2=O)c1. The van der Waals surface area contributed by atoms with Crippen LogP contribution in [0.5, 0.6) is 0 Å². The Labute approximate surface area is 134 Å². The Hall–Kier alpha value is -2.70. The molecule has 1 aromatic carbocycles. The summed E-state index contributed by atoms with van der Waals surface area (Å²) in [5.74, 6) is -1.76. The number of carboxylic acid groups (broad SMARTS) is 1. The van der Waals surface area contributed by atoms with E-state index in [4.69, 9.17) is 5.11 Å². The third-order valence-corrected chi connectivity index (χ3v) is 3.59. The molecule has 1 N–H and O–H groups in total. The number of carboxylic acids is 1. The summed E-state index contributed by atoms with van der Waals surface area (Å²) in [4.78, 5) is 36.2. The van der Waals surface area contributed by atoms with Crippen LogP contribution in [-0.4, -0.2) is 47.1 Å². The van der Waals surface area contributed by atoms with Gasteiger partial charge in [-0.1, -0.05) is 12.1 Å². The van der Waals surface area contributed by atoms with Gasteiger partial charge < -0.3 is 10.0 Å². The number of rotatable bonds is 4. The number of aliphatic carboxylic acids is 1. The molecular weight excluding hydrogens is 298 g/mol. The molecule has 0 saturated carbocycles. The van der Waals surface area contributed by atoms with Crippen LogP contribution in [0.15, 0.2) is 23.3 Å². The van der Waals surface area contributed by atoms with E-state index in [1.54, 1.807) is 0 Å². The van der Waals surface area contributed by atoms with Crippen LogP contribution in [0, 0.1) is 13.8 Å². The fraction of sp³-hybridized carbons (Fsp3) is 0.375. The van der Waals surface area contributed by atoms with Crippen LogP contribution in [0.1, 0.15) is 24.0 Å². The molecule has 1 heterocycles. The number of hydrogen-bond acceptors (Lipinski definition) is 4. The van der Waals surface area contributed by atoms with E-state index in [1.807, 2.05) is 32.0 Å². The maximum absolute atomic E-state index is 12.3. The number of benzene rings is 1. The Morgan fingerprint density at radius 2 is 2.00 bits per heavy atom. The molecule has 0 bridgehead atoms. The van der Waals surface area contributed by atoms with Crippen LogP contribution in [0.4, 0.5) is 5.69 Å². The Kier molecular flexibility index (Phi) is 4.78. The van der Waals surface area contributed by atoms with Crippen molar-refractivity contribution >= 4 is 29.2 Å². The summed E-state index contributed by atoms with van der Waals surface area (Å²) < 4.78 is 0. The fourth-order valence-corrected chi connectivity index (χ4v) is 2.34. The molecule has 0 aromatic heterocycles. The largest absolute Gasteiger partial charge is 0.480 e. The van der Waals surface area contributed by atoms with Crippen molar-refractivity contribution in [1.29, 1.82) is 0 Å². The molecule has 2 rings (SSSR count). The molecule has 1 aromatic rings. The average molecular weight is 317 g/mol. The molecule has 0 radical (unpaired) electrons. The Bertz CT molecular complexity index is 697. The Morgan fingerprint density at radius 3 is 2.65 bits per heavy atom. The molecular formula is C16H19N3O4. The van der Waals surface area contributed by atoms with Crippen LogP contribution in [0.3, 0.4) is 0 Å². The first-order chi connectivity index (χ1) is 10.8. The first kappa shape index (κ1) is 16.7. The predicted molar refractivity (Wildman–Crippen MR) is 85.3 cm³/mol. The highest BCUT2D eigenvalue weighted by molar-refractivity contribution is 6.40. The number of carbonyl (C=O) groups is 3. The highest BCUT2D eigenvalue weighted by atomic mass is 16.4. The lowest BCUT2D eigenvalue weighted by atomic mass is 10.1. The number of hydrogen-bond donors (Lipinski definition) is 1. The maximum Gasteiger partial charge on any atom is 0.323 e. The van der Waals surface area contributed by atoms with E-state index in [0.717, 1.165) is 16.0 Å². The molecule has 0 aliphatic carbocycles. The third-order valence-electron chi connectivity index (χ3n) is 3.59. The van der Waals surface area contributed by atoms with Crippen molar-refractivity contribution in [3.05, 3.63) is 29.3 Å². The highest BCUT2D eigenvalue weighted by Crippen LogP contribution is 2.25. The zero-order chi connectivity index (χ0) is 17.1. The summed E-state index contributed by atoms with van der Waals surface area (Å²) in [6.45, 7) is 3.37. The molecule has 2 amide bonds. The van der Waals surface area contributed by atoms with Gasteiger partial charge in [-0.2, -0.15) is 5.10 Å². The van der Waals surface area contributed by atoms with Gasteiger partial charge in [0.2, 0.25) is 5.91 Å². The second kappa shape index (κ2) is 6.60. The van der Waals surface area contributed by atoms with Gasteiger partial charge in [0.25, 0.3) is 5.91 Å². The predicted octanol–water partition coefficient (Wildman–Crippen LogP) is 1.33. The second-order valence-corrected chi connectivity index (χ2v) is 5.60. The van der Waals surface area contributed by atoms with Crippen LogP contribution in [0.2, 0.25) is 0 Å². The normalized spacial score (nSPS) is 14.5. The smallest absolute Gasteiger partial charge is 0.323 e. The summed E-state index contributed by atoms with van der Waals surface area (Å²) in [6, 6.07) is 5.66. The lowest BCUT2D eigenvalue weighted by molar-refractivity contribution is -0.141. The summed E-state index contributed by atoms with van der Waals surface area (Å²) in [6.07, 6.45) is 0.377. The number of amides is 2. The number of nitrogens with zero attached hydrogens (tertiary/aromatic N) is 3. The van der Waals surface area contributed by atoms with Gasteiger partial charge in [-0.15, -0.1) is 0 Å². The van der Waals surface area contributed by atoms with Crippen molar-refractivity contribution < 1.29 is 19.5 Å². The topological polar surface area (TPSA) is 90.3 Å². The van der Waals surface area contributed by atoms with Crippen LogP contribution >= 0.6 is 0 Å². The maximum atomic E-state index is 12.3. The zero-order valence-corrected chi connectivity index (χ0v) is 13.4. The monoisotopic (exact) mass is 317 g/mol. The standard InChI is InChI=1S/C16H19N3O4/c1-10-4-5-11(2)13(8-10)19-14(20)7-6-12(17-19)16(23)18(3)9-15(21)22/h4-5,8H,6-7,9H2,1-3H3,(H,21,22). The quantitative estimate of drug-likeness (QED) is 0.907. The van der Waals surface area contributed by atoms with E-state index < -0.39 is 18.4 Å². The molecule has 7 nitrogen and oxygen atoms in total. The van der Waals surface area contributed by atoms with E-state index in [9.17, 15) is 14.4 Å². The summed E-state index contributed by atoms with van der Waals surface area (Å²) >= 11 is 0. The van der Waals surface area contributed by atoms with Crippen molar-refractivity contribution in [3.63, 3.8) is 0 Å². The highest BCUT2D eigenvalue weighted by Gasteiger charge is 2.28. The lowest BCUT2D eigenvalue weighted by Crippen LogP contribution is -2.41. The van der Waals surface area contributed by atoms with Gasteiger partial charge >= 0.3 is 5.97 Å².